The summed E-state index contributed by atoms with van der Waals surface area (Å²) in [5.74, 6) is 4.83. The number of nitrogens with zero attached hydrogens (tertiary/aromatic N) is 2. The van der Waals surface area contributed by atoms with Crippen LogP contribution in [0.3, 0.4) is 0 Å². The van der Waals surface area contributed by atoms with Gasteiger partial charge in [0.05, 0.1) is 18.9 Å². The Balaban J connectivity index is 1.72. The van der Waals surface area contributed by atoms with Crippen LogP contribution in [0.5, 0.6) is 0 Å². The molecule has 8 nitrogen and oxygen atoms in total. The minimum Gasteiger partial charge on any atom is -0.384 e. The molecule has 1 aliphatic carbocycles. The molecule has 1 saturated heterocycles. The van der Waals surface area contributed by atoms with Gasteiger partial charge in [-0.3, -0.25) is 4.98 Å². The fourth-order valence-corrected chi connectivity index (χ4v) is 3.04. The second-order valence-electron chi connectivity index (χ2n) is 5.70. The van der Waals surface area contributed by atoms with Crippen molar-refractivity contribution in [1.29, 1.82) is 0 Å². The van der Waals surface area contributed by atoms with E-state index in [2.05, 4.69) is 15.6 Å². The molecule has 1 saturated carbocycles. The first kappa shape index (κ1) is 15.2. The number of hydrogen-bond donors (Lipinski definition) is 4. The van der Waals surface area contributed by atoms with Crippen LogP contribution in [0, 0.1) is 0 Å². The number of pyridine rings is 1. The Morgan fingerprint density at radius 1 is 1.23 bits per heavy atom. The highest BCUT2D eigenvalue weighted by molar-refractivity contribution is 5.96. The number of rotatable bonds is 3. The van der Waals surface area contributed by atoms with Crippen molar-refractivity contribution in [3.8, 4) is 0 Å². The van der Waals surface area contributed by atoms with E-state index in [-0.39, 0.29) is 5.84 Å². The lowest BCUT2D eigenvalue weighted by Gasteiger charge is -2.40. The van der Waals surface area contributed by atoms with Crippen LogP contribution in [0.2, 0.25) is 0 Å². The first-order chi connectivity index (χ1) is 10.6. The summed E-state index contributed by atoms with van der Waals surface area (Å²) in [5.41, 5.74) is 8.16. The van der Waals surface area contributed by atoms with Crippen LogP contribution in [-0.2, 0) is 15.1 Å². The highest BCUT2D eigenvalue weighted by Crippen LogP contribution is 2.44. The van der Waals surface area contributed by atoms with Gasteiger partial charge in [0.25, 0.3) is 0 Å². The zero-order chi connectivity index (χ0) is 15.6. The van der Waals surface area contributed by atoms with E-state index in [1.807, 2.05) is 0 Å². The third-order valence-electron chi connectivity index (χ3n) is 4.37. The SMILES string of the molecule is NN/N=C(\N)c1ccc(C2(O)CCC3(CC2)OCCO3)nc1. The number of aliphatic hydroxyl groups is 1. The van der Waals surface area contributed by atoms with Gasteiger partial charge < -0.3 is 20.3 Å². The third-order valence-corrected chi connectivity index (χ3v) is 4.37. The van der Waals surface area contributed by atoms with E-state index in [0.29, 0.717) is 50.2 Å². The molecular formula is C14H21N5O3. The maximum absolute atomic E-state index is 10.9. The van der Waals surface area contributed by atoms with Crippen molar-refractivity contribution in [2.45, 2.75) is 37.1 Å². The van der Waals surface area contributed by atoms with Gasteiger partial charge >= 0.3 is 0 Å². The smallest absolute Gasteiger partial charge is 0.168 e. The Morgan fingerprint density at radius 3 is 2.45 bits per heavy atom. The summed E-state index contributed by atoms with van der Waals surface area (Å²) in [5, 5.41) is 14.5. The minimum absolute atomic E-state index is 0.240. The number of hydrazine groups is 1. The van der Waals surface area contributed by atoms with Crippen molar-refractivity contribution in [1.82, 2.24) is 10.5 Å². The predicted octanol–water partition coefficient (Wildman–Crippen LogP) is -0.330. The Morgan fingerprint density at radius 2 is 1.91 bits per heavy atom. The number of ether oxygens (including phenoxy) is 2. The summed E-state index contributed by atoms with van der Waals surface area (Å²) in [6.45, 7) is 1.25. The molecule has 22 heavy (non-hydrogen) atoms. The second-order valence-corrected chi connectivity index (χ2v) is 5.70. The number of hydrogen-bond acceptors (Lipinski definition) is 7. The molecule has 0 atom stereocenters. The molecule has 2 aliphatic rings. The molecule has 0 unspecified atom stereocenters. The Labute approximate surface area is 128 Å². The number of nitrogens with one attached hydrogen (secondary N) is 1. The van der Waals surface area contributed by atoms with Crippen LogP contribution in [-0.4, -0.2) is 34.9 Å². The van der Waals surface area contributed by atoms with Gasteiger partial charge in [-0.2, -0.15) is 0 Å². The predicted molar refractivity (Wildman–Crippen MR) is 79.3 cm³/mol. The molecule has 3 rings (SSSR count). The standard InChI is InChI=1S/C14H21N5O3/c15-12(18-19-16)10-1-2-11(17-9-10)13(20)3-5-14(6-4-13)21-7-8-22-14/h1-2,9,19-20H,3-8,16H2,(H2,15,18). The maximum Gasteiger partial charge on any atom is 0.168 e. The van der Waals surface area contributed by atoms with Crippen molar-refractivity contribution in [2.24, 2.45) is 16.7 Å². The van der Waals surface area contributed by atoms with Crippen LogP contribution in [0.25, 0.3) is 0 Å². The van der Waals surface area contributed by atoms with Gasteiger partial charge in [0, 0.05) is 24.6 Å². The lowest BCUT2D eigenvalue weighted by Crippen LogP contribution is -2.42. The van der Waals surface area contributed by atoms with E-state index in [1.54, 1.807) is 18.3 Å². The summed E-state index contributed by atoms with van der Waals surface area (Å²) in [7, 11) is 0. The second kappa shape index (κ2) is 5.81. The van der Waals surface area contributed by atoms with Crippen LogP contribution >= 0.6 is 0 Å². The van der Waals surface area contributed by atoms with E-state index in [9.17, 15) is 5.11 Å². The molecule has 120 valence electrons. The number of amidine groups is 1. The molecule has 0 aromatic carbocycles. The fraction of sp³-hybridized carbons (Fsp3) is 0.571. The van der Waals surface area contributed by atoms with E-state index >= 15 is 0 Å². The highest BCUT2D eigenvalue weighted by atomic mass is 16.7. The first-order valence-corrected chi connectivity index (χ1v) is 7.33. The van der Waals surface area contributed by atoms with Crippen molar-refractivity contribution in [3.63, 3.8) is 0 Å². The van der Waals surface area contributed by atoms with Crippen molar-refractivity contribution in [3.05, 3.63) is 29.6 Å². The van der Waals surface area contributed by atoms with E-state index in [1.165, 1.54) is 0 Å². The van der Waals surface area contributed by atoms with Gasteiger partial charge in [-0.15, -0.1) is 5.10 Å². The molecule has 0 amide bonds. The third kappa shape index (κ3) is 2.78. The van der Waals surface area contributed by atoms with E-state index in [0.717, 1.165) is 0 Å². The minimum atomic E-state index is -0.961. The van der Waals surface area contributed by atoms with Gasteiger partial charge in [0.15, 0.2) is 11.6 Å². The summed E-state index contributed by atoms with van der Waals surface area (Å²) in [4.78, 5) is 4.33. The number of nitrogens with two attached hydrogens (primary N) is 2. The summed E-state index contributed by atoms with van der Waals surface area (Å²) >= 11 is 0. The molecule has 0 radical (unpaired) electrons. The molecule has 1 aromatic heterocycles. The van der Waals surface area contributed by atoms with Crippen molar-refractivity contribution < 1.29 is 14.6 Å². The number of aromatic nitrogens is 1. The van der Waals surface area contributed by atoms with Crippen LogP contribution in [0.1, 0.15) is 36.9 Å². The summed E-state index contributed by atoms with van der Waals surface area (Å²) in [6, 6.07) is 3.53. The molecule has 1 aromatic rings. The average Bonchev–Trinajstić information content (AvgIpc) is 3.00. The molecule has 1 aliphatic heterocycles. The number of hydrazone groups is 1. The molecule has 2 heterocycles. The zero-order valence-electron chi connectivity index (χ0n) is 12.3. The van der Waals surface area contributed by atoms with Gasteiger partial charge in [-0.05, 0) is 25.0 Å². The summed E-state index contributed by atoms with van der Waals surface area (Å²) < 4.78 is 11.4. The first-order valence-electron chi connectivity index (χ1n) is 7.33. The molecule has 6 N–H and O–H groups in total. The topological polar surface area (TPSA) is 128 Å². The average molecular weight is 307 g/mol. The molecular weight excluding hydrogens is 286 g/mol. The molecule has 1 spiro atoms. The Kier molecular flexibility index (Phi) is 4.00. The normalized spacial score (nSPS) is 23.6. The quantitative estimate of drug-likeness (QED) is 0.260. The van der Waals surface area contributed by atoms with Crippen LogP contribution in [0.4, 0.5) is 0 Å². The van der Waals surface area contributed by atoms with Crippen molar-refractivity contribution in [2.75, 3.05) is 13.2 Å². The Bertz CT molecular complexity index is 544. The van der Waals surface area contributed by atoms with Crippen LogP contribution < -0.4 is 17.1 Å². The lowest BCUT2D eigenvalue weighted by atomic mass is 9.79. The van der Waals surface area contributed by atoms with Gasteiger partial charge in [0.2, 0.25) is 0 Å². The van der Waals surface area contributed by atoms with Gasteiger partial charge in [-0.25, -0.2) is 11.4 Å². The molecule has 8 heteroatoms. The van der Waals surface area contributed by atoms with Crippen molar-refractivity contribution >= 4 is 5.84 Å². The maximum atomic E-state index is 10.9. The van der Waals surface area contributed by atoms with Gasteiger partial charge in [-0.1, -0.05) is 0 Å². The van der Waals surface area contributed by atoms with E-state index in [4.69, 9.17) is 21.1 Å². The largest absolute Gasteiger partial charge is 0.384 e. The van der Waals surface area contributed by atoms with E-state index < -0.39 is 11.4 Å². The monoisotopic (exact) mass is 307 g/mol. The highest BCUT2D eigenvalue weighted by Gasteiger charge is 2.46. The van der Waals surface area contributed by atoms with Crippen LogP contribution in [0.15, 0.2) is 23.4 Å². The lowest BCUT2D eigenvalue weighted by molar-refractivity contribution is -0.204. The zero-order valence-corrected chi connectivity index (χ0v) is 12.3. The Hall–Kier alpha value is -1.74. The molecule has 2 fully saturated rings. The van der Waals surface area contributed by atoms with Gasteiger partial charge in [0.1, 0.15) is 5.60 Å². The fourth-order valence-electron chi connectivity index (χ4n) is 3.04. The summed E-state index contributed by atoms with van der Waals surface area (Å²) in [6.07, 6.45) is 4.00. The molecule has 0 bridgehead atoms.